The van der Waals surface area contributed by atoms with Gasteiger partial charge in [-0.15, -0.1) is 0 Å². The van der Waals surface area contributed by atoms with E-state index in [-0.39, 0.29) is 18.3 Å². The van der Waals surface area contributed by atoms with E-state index in [1.807, 2.05) is 0 Å². The lowest BCUT2D eigenvalue weighted by molar-refractivity contribution is -0.137. The molecule has 3 nitrogen and oxygen atoms in total. The highest BCUT2D eigenvalue weighted by atomic mass is 19.1. The van der Waals surface area contributed by atoms with Gasteiger partial charge in [0.1, 0.15) is 11.6 Å². The molecule has 1 aromatic rings. The Labute approximate surface area is 106 Å². The van der Waals surface area contributed by atoms with Gasteiger partial charge in [-0.1, -0.05) is 0 Å². The summed E-state index contributed by atoms with van der Waals surface area (Å²) in [5.41, 5.74) is 0.767. The molecule has 1 N–H and O–H groups in total. The van der Waals surface area contributed by atoms with Crippen LogP contribution in [0, 0.1) is 5.82 Å². The van der Waals surface area contributed by atoms with Crippen molar-refractivity contribution in [2.24, 2.45) is 0 Å². The van der Waals surface area contributed by atoms with Crippen LogP contribution in [0.1, 0.15) is 37.7 Å². The van der Waals surface area contributed by atoms with E-state index >= 15 is 0 Å². The van der Waals surface area contributed by atoms with Crippen molar-refractivity contribution in [2.75, 3.05) is 0 Å². The van der Waals surface area contributed by atoms with Crippen LogP contribution in [0.3, 0.4) is 0 Å². The molecule has 2 rings (SSSR count). The van der Waals surface area contributed by atoms with Crippen molar-refractivity contribution in [3.63, 3.8) is 0 Å². The fourth-order valence-corrected chi connectivity index (χ4v) is 1.96. The molecule has 18 heavy (non-hydrogen) atoms. The molecule has 0 bridgehead atoms. The van der Waals surface area contributed by atoms with Crippen LogP contribution >= 0.6 is 0 Å². The zero-order valence-electron chi connectivity index (χ0n) is 10.2. The first kappa shape index (κ1) is 12.9. The molecule has 1 aromatic carbocycles. The Bertz CT molecular complexity index is 427. The number of aryl methyl sites for hydroxylation is 1. The highest BCUT2D eigenvalue weighted by Crippen LogP contribution is 2.29. The average molecular weight is 252 g/mol. The van der Waals surface area contributed by atoms with Crippen LogP contribution in [0.2, 0.25) is 0 Å². The van der Waals surface area contributed by atoms with Crippen molar-refractivity contribution in [3.8, 4) is 5.75 Å². The summed E-state index contributed by atoms with van der Waals surface area (Å²) in [5.74, 6) is -0.430. The minimum atomic E-state index is -0.826. The predicted molar refractivity (Wildman–Crippen MR) is 65.2 cm³/mol. The first-order chi connectivity index (χ1) is 8.65. The molecule has 0 saturated heterocycles. The molecule has 0 heterocycles. The number of benzene rings is 1. The van der Waals surface area contributed by atoms with Gasteiger partial charge in [-0.3, -0.25) is 4.79 Å². The van der Waals surface area contributed by atoms with Gasteiger partial charge in [0.25, 0.3) is 0 Å². The number of carbonyl (C=O) groups is 1. The molecule has 0 unspecified atom stereocenters. The normalized spacial score (nSPS) is 15.2. The van der Waals surface area contributed by atoms with Crippen LogP contribution in [0.4, 0.5) is 4.39 Å². The number of aliphatic carboxylic acids is 1. The Hall–Kier alpha value is -1.58. The van der Waals surface area contributed by atoms with Gasteiger partial charge < -0.3 is 9.84 Å². The fourth-order valence-electron chi connectivity index (χ4n) is 1.96. The van der Waals surface area contributed by atoms with Crippen molar-refractivity contribution >= 4 is 5.97 Å². The maximum atomic E-state index is 13.2. The van der Waals surface area contributed by atoms with Gasteiger partial charge in [-0.2, -0.15) is 0 Å². The summed E-state index contributed by atoms with van der Waals surface area (Å²) in [6.45, 7) is 0. The molecule has 1 aliphatic rings. The molecular weight excluding hydrogens is 235 g/mol. The van der Waals surface area contributed by atoms with Crippen molar-refractivity contribution in [3.05, 3.63) is 29.6 Å². The zero-order valence-corrected chi connectivity index (χ0v) is 10.2. The standard InChI is InChI=1S/C14H17FO3/c15-11-7-8-13(18-12-4-2-5-12)10(9-11)3-1-6-14(16)17/h7-9,12H,1-6H2,(H,16,17). The molecule has 0 spiro atoms. The monoisotopic (exact) mass is 252 g/mol. The van der Waals surface area contributed by atoms with Gasteiger partial charge in [0.15, 0.2) is 0 Å². The van der Waals surface area contributed by atoms with Gasteiger partial charge in [-0.05, 0) is 55.9 Å². The van der Waals surface area contributed by atoms with Crippen molar-refractivity contribution < 1.29 is 19.0 Å². The summed E-state index contributed by atoms with van der Waals surface area (Å²) in [6, 6.07) is 4.47. The maximum Gasteiger partial charge on any atom is 0.303 e. The number of halogens is 1. The molecule has 0 radical (unpaired) electrons. The second kappa shape index (κ2) is 5.85. The minimum Gasteiger partial charge on any atom is -0.490 e. The van der Waals surface area contributed by atoms with E-state index in [0.29, 0.717) is 18.6 Å². The third-order valence-electron chi connectivity index (χ3n) is 3.21. The first-order valence-corrected chi connectivity index (χ1v) is 6.32. The summed E-state index contributed by atoms with van der Waals surface area (Å²) < 4.78 is 19.0. The van der Waals surface area contributed by atoms with E-state index in [9.17, 15) is 9.18 Å². The average Bonchev–Trinajstić information content (AvgIpc) is 2.25. The Balaban J connectivity index is 2.00. The molecule has 4 heteroatoms. The summed E-state index contributed by atoms with van der Waals surface area (Å²) in [6.07, 6.45) is 4.65. The number of ether oxygens (including phenoxy) is 1. The van der Waals surface area contributed by atoms with E-state index < -0.39 is 5.97 Å². The van der Waals surface area contributed by atoms with E-state index in [0.717, 1.165) is 18.4 Å². The summed E-state index contributed by atoms with van der Waals surface area (Å²) in [4.78, 5) is 10.5. The van der Waals surface area contributed by atoms with Crippen molar-refractivity contribution in [1.29, 1.82) is 0 Å². The quantitative estimate of drug-likeness (QED) is 0.845. The molecule has 1 saturated carbocycles. The van der Waals surface area contributed by atoms with Crippen LogP contribution < -0.4 is 4.74 Å². The van der Waals surface area contributed by atoms with Crippen molar-refractivity contribution in [1.82, 2.24) is 0 Å². The summed E-state index contributed by atoms with van der Waals surface area (Å²) in [7, 11) is 0. The van der Waals surface area contributed by atoms with Gasteiger partial charge in [0, 0.05) is 6.42 Å². The largest absolute Gasteiger partial charge is 0.490 e. The topological polar surface area (TPSA) is 46.5 Å². The lowest BCUT2D eigenvalue weighted by atomic mass is 9.96. The Morgan fingerprint density at radius 1 is 1.44 bits per heavy atom. The smallest absolute Gasteiger partial charge is 0.303 e. The van der Waals surface area contributed by atoms with Crippen LogP contribution in [-0.4, -0.2) is 17.2 Å². The van der Waals surface area contributed by atoms with Gasteiger partial charge in [0.05, 0.1) is 6.10 Å². The number of carboxylic acids is 1. The Morgan fingerprint density at radius 2 is 2.22 bits per heavy atom. The minimum absolute atomic E-state index is 0.0966. The fraction of sp³-hybridized carbons (Fsp3) is 0.500. The summed E-state index contributed by atoms with van der Waals surface area (Å²) in [5, 5.41) is 8.60. The molecule has 1 fully saturated rings. The van der Waals surface area contributed by atoms with Gasteiger partial charge in [-0.25, -0.2) is 4.39 Å². The number of carboxylic acid groups (broad SMARTS) is 1. The SMILES string of the molecule is O=C(O)CCCc1cc(F)ccc1OC1CCC1. The third kappa shape index (κ3) is 3.45. The van der Waals surface area contributed by atoms with E-state index in [2.05, 4.69) is 0 Å². The molecular formula is C14H17FO3. The van der Waals surface area contributed by atoms with E-state index in [1.165, 1.54) is 18.6 Å². The Kier molecular flexibility index (Phi) is 4.18. The van der Waals surface area contributed by atoms with Gasteiger partial charge >= 0.3 is 5.97 Å². The van der Waals surface area contributed by atoms with Crippen molar-refractivity contribution in [2.45, 2.75) is 44.6 Å². The van der Waals surface area contributed by atoms with Crippen LogP contribution in [0.25, 0.3) is 0 Å². The maximum absolute atomic E-state index is 13.2. The Morgan fingerprint density at radius 3 is 2.83 bits per heavy atom. The van der Waals surface area contributed by atoms with E-state index in [4.69, 9.17) is 9.84 Å². The third-order valence-corrected chi connectivity index (χ3v) is 3.21. The van der Waals surface area contributed by atoms with Crippen LogP contribution in [0.5, 0.6) is 5.75 Å². The van der Waals surface area contributed by atoms with Gasteiger partial charge in [0.2, 0.25) is 0 Å². The number of rotatable bonds is 6. The number of hydrogen-bond acceptors (Lipinski definition) is 2. The van der Waals surface area contributed by atoms with E-state index in [1.54, 1.807) is 6.07 Å². The predicted octanol–water partition coefficient (Wildman–Crippen LogP) is 3.16. The van der Waals surface area contributed by atoms with Crippen LogP contribution in [-0.2, 0) is 11.2 Å². The highest BCUT2D eigenvalue weighted by molar-refractivity contribution is 5.66. The lowest BCUT2D eigenvalue weighted by Crippen LogP contribution is -2.25. The molecule has 0 amide bonds. The first-order valence-electron chi connectivity index (χ1n) is 6.32. The lowest BCUT2D eigenvalue weighted by Gasteiger charge is -2.27. The second-order valence-corrected chi connectivity index (χ2v) is 4.67. The molecule has 0 aromatic heterocycles. The number of hydrogen-bond donors (Lipinski definition) is 1. The second-order valence-electron chi connectivity index (χ2n) is 4.67. The summed E-state index contributed by atoms with van der Waals surface area (Å²) >= 11 is 0. The highest BCUT2D eigenvalue weighted by Gasteiger charge is 2.20. The molecule has 0 atom stereocenters. The molecule has 0 aliphatic heterocycles. The van der Waals surface area contributed by atoms with Crippen LogP contribution in [0.15, 0.2) is 18.2 Å². The zero-order chi connectivity index (χ0) is 13.0. The molecule has 98 valence electrons. The molecule has 1 aliphatic carbocycles.